The van der Waals surface area contributed by atoms with Gasteiger partial charge in [-0.15, -0.1) is 0 Å². The predicted octanol–water partition coefficient (Wildman–Crippen LogP) is 1.29. The molecule has 0 N–H and O–H groups in total. The van der Waals surface area contributed by atoms with Crippen molar-refractivity contribution in [3.63, 3.8) is 0 Å². The predicted molar refractivity (Wildman–Crippen MR) is 88.0 cm³/mol. The summed E-state index contributed by atoms with van der Waals surface area (Å²) in [4.78, 5) is 18.8. The minimum Gasteiger partial charge on any atom is -0.497 e. The van der Waals surface area contributed by atoms with E-state index in [1.807, 2.05) is 31.3 Å². The molecule has 1 aromatic rings. The summed E-state index contributed by atoms with van der Waals surface area (Å²) >= 11 is 0. The third kappa shape index (κ3) is 4.71. The normalized spacial score (nSPS) is 16.5. The van der Waals surface area contributed by atoms with E-state index in [2.05, 4.69) is 16.7 Å². The summed E-state index contributed by atoms with van der Waals surface area (Å²) in [5.74, 6) is 1.00. The Bertz CT molecular complexity index is 485. The molecule has 0 bridgehead atoms. The van der Waals surface area contributed by atoms with Gasteiger partial charge in [0.2, 0.25) is 5.91 Å². The van der Waals surface area contributed by atoms with E-state index >= 15 is 0 Å². The molecule has 5 heteroatoms. The van der Waals surface area contributed by atoms with Gasteiger partial charge in [-0.2, -0.15) is 0 Å². The molecule has 122 valence electrons. The van der Waals surface area contributed by atoms with Crippen molar-refractivity contribution >= 4 is 5.91 Å². The van der Waals surface area contributed by atoms with E-state index in [9.17, 15) is 4.79 Å². The Balaban J connectivity index is 1.82. The standard InChI is InChI=1S/C17H27N3O2/c1-4-19-8-10-20(11-9-19)14-17(21)18(2)13-15-6-5-7-16(12-15)22-3/h5-7,12H,4,8-11,13-14H2,1-3H3. The van der Waals surface area contributed by atoms with E-state index in [0.717, 1.165) is 44.0 Å². The van der Waals surface area contributed by atoms with Crippen LogP contribution < -0.4 is 4.74 Å². The van der Waals surface area contributed by atoms with Gasteiger partial charge in [0, 0.05) is 39.8 Å². The summed E-state index contributed by atoms with van der Waals surface area (Å²) in [5, 5.41) is 0. The lowest BCUT2D eigenvalue weighted by molar-refractivity contribution is -0.132. The fourth-order valence-corrected chi connectivity index (χ4v) is 2.71. The molecule has 1 aliphatic heterocycles. The first-order valence-electron chi connectivity index (χ1n) is 7.94. The Kier molecular flexibility index (Phi) is 6.21. The van der Waals surface area contributed by atoms with Crippen molar-refractivity contribution in [1.29, 1.82) is 0 Å². The van der Waals surface area contributed by atoms with E-state index in [1.165, 1.54) is 0 Å². The van der Waals surface area contributed by atoms with Gasteiger partial charge in [0.15, 0.2) is 0 Å². The molecular weight excluding hydrogens is 278 g/mol. The van der Waals surface area contributed by atoms with Crippen LogP contribution in [0.5, 0.6) is 5.75 Å². The number of hydrogen-bond acceptors (Lipinski definition) is 4. The van der Waals surface area contributed by atoms with E-state index in [4.69, 9.17) is 4.74 Å². The van der Waals surface area contributed by atoms with Gasteiger partial charge >= 0.3 is 0 Å². The topological polar surface area (TPSA) is 36.0 Å². The van der Waals surface area contributed by atoms with Crippen molar-refractivity contribution in [3.8, 4) is 5.75 Å². The number of hydrogen-bond donors (Lipinski definition) is 0. The first-order valence-corrected chi connectivity index (χ1v) is 7.94. The number of rotatable bonds is 6. The number of likely N-dealkylation sites (N-methyl/N-ethyl adjacent to an activating group) is 2. The average Bonchev–Trinajstić information content (AvgIpc) is 2.55. The molecular formula is C17H27N3O2. The number of carbonyl (C=O) groups is 1. The molecule has 0 aromatic heterocycles. The fraction of sp³-hybridized carbons (Fsp3) is 0.588. The second-order valence-corrected chi connectivity index (χ2v) is 5.81. The zero-order valence-electron chi connectivity index (χ0n) is 13.9. The lowest BCUT2D eigenvalue weighted by Crippen LogP contribution is -2.49. The van der Waals surface area contributed by atoms with Gasteiger partial charge in [-0.05, 0) is 24.2 Å². The van der Waals surface area contributed by atoms with Crippen LogP contribution >= 0.6 is 0 Å². The zero-order chi connectivity index (χ0) is 15.9. The van der Waals surface area contributed by atoms with Gasteiger partial charge in [0.1, 0.15) is 5.75 Å². The van der Waals surface area contributed by atoms with E-state index in [-0.39, 0.29) is 5.91 Å². The Morgan fingerprint density at radius 2 is 1.91 bits per heavy atom. The molecule has 1 heterocycles. The molecule has 22 heavy (non-hydrogen) atoms. The number of ether oxygens (including phenoxy) is 1. The van der Waals surface area contributed by atoms with Gasteiger partial charge in [-0.25, -0.2) is 0 Å². The SMILES string of the molecule is CCN1CCN(CC(=O)N(C)Cc2cccc(OC)c2)CC1. The van der Waals surface area contributed by atoms with Crippen LogP contribution in [-0.2, 0) is 11.3 Å². The molecule has 0 atom stereocenters. The summed E-state index contributed by atoms with van der Waals surface area (Å²) in [7, 11) is 3.52. The molecule has 0 aliphatic carbocycles. The highest BCUT2D eigenvalue weighted by molar-refractivity contribution is 5.78. The molecule has 1 amide bonds. The van der Waals surface area contributed by atoms with Gasteiger partial charge in [0.25, 0.3) is 0 Å². The van der Waals surface area contributed by atoms with Crippen molar-refractivity contribution in [2.75, 3.05) is 53.4 Å². The quantitative estimate of drug-likeness (QED) is 0.793. The molecule has 2 rings (SSSR count). The molecule has 0 radical (unpaired) electrons. The number of methoxy groups -OCH3 is 1. The number of amides is 1. The lowest BCUT2D eigenvalue weighted by atomic mass is 10.2. The van der Waals surface area contributed by atoms with Gasteiger partial charge < -0.3 is 14.5 Å². The summed E-state index contributed by atoms with van der Waals surface area (Å²) < 4.78 is 5.22. The van der Waals surface area contributed by atoms with Crippen LogP contribution in [-0.4, -0.2) is 74.0 Å². The first kappa shape index (κ1) is 16.8. The minimum absolute atomic E-state index is 0.174. The van der Waals surface area contributed by atoms with E-state index < -0.39 is 0 Å². The molecule has 0 unspecified atom stereocenters. The van der Waals surface area contributed by atoms with Gasteiger partial charge in [-0.1, -0.05) is 19.1 Å². The zero-order valence-corrected chi connectivity index (χ0v) is 13.9. The van der Waals surface area contributed by atoms with E-state index in [1.54, 1.807) is 12.0 Å². The van der Waals surface area contributed by atoms with Gasteiger partial charge in [-0.3, -0.25) is 9.69 Å². The highest BCUT2D eigenvalue weighted by Crippen LogP contribution is 2.14. The van der Waals surface area contributed by atoms with Crippen LogP contribution in [0.2, 0.25) is 0 Å². The molecule has 5 nitrogen and oxygen atoms in total. The Morgan fingerprint density at radius 1 is 1.23 bits per heavy atom. The van der Waals surface area contributed by atoms with Crippen molar-refractivity contribution < 1.29 is 9.53 Å². The highest BCUT2D eigenvalue weighted by atomic mass is 16.5. The monoisotopic (exact) mass is 305 g/mol. The van der Waals surface area contributed by atoms with Gasteiger partial charge in [0.05, 0.1) is 13.7 Å². The molecule has 1 aromatic carbocycles. The second-order valence-electron chi connectivity index (χ2n) is 5.81. The number of benzene rings is 1. The van der Waals surface area contributed by atoms with Crippen molar-refractivity contribution in [2.45, 2.75) is 13.5 Å². The van der Waals surface area contributed by atoms with Crippen LogP contribution in [0.25, 0.3) is 0 Å². The molecule has 1 fully saturated rings. The summed E-state index contributed by atoms with van der Waals surface area (Å²) in [6.07, 6.45) is 0. The van der Waals surface area contributed by atoms with Crippen LogP contribution in [0.1, 0.15) is 12.5 Å². The third-order valence-corrected chi connectivity index (χ3v) is 4.25. The molecule has 1 aliphatic rings. The Morgan fingerprint density at radius 3 is 2.55 bits per heavy atom. The maximum atomic E-state index is 12.4. The van der Waals surface area contributed by atoms with Crippen molar-refractivity contribution in [3.05, 3.63) is 29.8 Å². The van der Waals surface area contributed by atoms with E-state index in [0.29, 0.717) is 13.1 Å². The number of nitrogens with zero attached hydrogens (tertiary/aromatic N) is 3. The highest BCUT2D eigenvalue weighted by Gasteiger charge is 2.19. The Hall–Kier alpha value is -1.59. The lowest BCUT2D eigenvalue weighted by Gasteiger charge is -2.34. The third-order valence-electron chi connectivity index (χ3n) is 4.25. The van der Waals surface area contributed by atoms with Crippen LogP contribution in [0, 0.1) is 0 Å². The fourth-order valence-electron chi connectivity index (χ4n) is 2.71. The first-order chi connectivity index (χ1) is 10.6. The average molecular weight is 305 g/mol. The minimum atomic E-state index is 0.174. The summed E-state index contributed by atoms with van der Waals surface area (Å²) in [6, 6.07) is 7.87. The summed E-state index contributed by atoms with van der Waals surface area (Å²) in [6.45, 7) is 8.48. The smallest absolute Gasteiger partial charge is 0.236 e. The van der Waals surface area contributed by atoms with Crippen LogP contribution in [0.4, 0.5) is 0 Å². The maximum Gasteiger partial charge on any atom is 0.236 e. The molecule has 1 saturated heterocycles. The largest absolute Gasteiger partial charge is 0.497 e. The summed E-state index contributed by atoms with van der Waals surface area (Å²) in [5.41, 5.74) is 1.09. The van der Waals surface area contributed by atoms with Crippen LogP contribution in [0.15, 0.2) is 24.3 Å². The number of carbonyl (C=O) groups excluding carboxylic acids is 1. The molecule has 0 saturated carbocycles. The van der Waals surface area contributed by atoms with Crippen molar-refractivity contribution in [1.82, 2.24) is 14.7 Å². The van der Waals surface area contributed by atoms with Crippen LogP contribution in [0.3, 0.4) is 0 Å². The van der Waals surface area contributed by atoms with Crippen molar-refractivity contribution in [2.24, 2.45) is 0 Å². The Labute approximate surface area is 133 Å². The number of piperazine rings is 1. The second kappa shape index (κ2) is 8.15. The molecule has 0 spiro atoms. The maximum absolute atomic E-state index is 12.4.